The highest BCUT2D eigenvalue weighted by atomic mass is 16.2. The quantitative estimate of drug-likeness (QED) is 0.908. The maximum absolute atomic E-state index is 12.2. The van der Waals surface area contributed by atoms with Crippen molar-refractivity contribution in [2.45, 2.75) is 39.0 Å². The Labute approximate surface area is 113 Å². The summed E-state index contributed by atoms with van der Waals surface area (Å²) in [6, 6.07) is 5.64. The molecule has 0 spiro atoms. The summed E-state index contributed by atoms with van der Waals surface area (Å²) >= 11 is 0. The second-order valence-corrected chi connectivity index (χ2v) is 5.52. The van der Waals surface area contributed by atoms with Crippen molar-refractivity contribution in [3.8, 4) is 0 Å². The van der Waals surface area contributed by atoms with Gasteiger partial charge in [0.15, 0.2) is 0 Å². The molecule has 0 bridgehead atoms. The van der Waals surface area contributed by atoms with Crippen molar-refractivity contribution in [3.05, 3.63) is 23.8 Å². The minimum atomic E-state index is -0.532. The first-order chi connectivity index (χ1) is 8.87. The maximum Gasteiger partial charge on any atom is 0.236 e. The molecule has 1 aromatic carbocycles. The molecule has 0 fully saturated rings. The molecule has 0 saturated carbocycles. The van der Waals surface area contributed by atoms with Gasteiger partial charge in [0.1, 0.15) is 0 Å². The lowest BCUT2D eigenvalue weighted by Crippen LogP contribution is -2.33. The Morgan fingerprint density at radius 2 is 2.05 bits per heavy atom. The fraction of sp³-hybridized carbons (Fsp3) is 0.467. The topological polar surface area (TPSA) is 49.4 Å². The molecule has 1 N–H and O–H groups in total. The maximum atomic E-state index is 12.2. The third-order valence-electron chi connectivity index (χ3n) is 3.63. The summed E-state index contributed by atoms with van der Waals surface area (Å²) in [6.45, 7) is 5.80. The Morgan fingerprint density at radius 3 is 2.68 bits per heavy atom. The molecule has 4 nitrogen and oxygen atoms in total. The lowest BCUT2D eigenvalue weighted by molar-refractivity contribution is -0.121. The van der Waals surface area contributed by atoms with Crippen molar-refractivity contribution >= 4 is 23.2 Å². The van der Waals surface area contributed by atoms with E-state index in [4.69, 9.17) is 0 Å². The number of hydrogen-bond acceptors (Lipinski definition) is 2. The Balaban J connectivity index is 2.33. The summed E-state index contributed by atoms with van der Waals surface area (Å²) in [4.78, 5) is 25.4. The van der Waals surface area contributed by atoms with Crippen molar-refractivity contribution in [2.24, 2.45) is 0 Å². The molecule has 1 aliphatic heterocycles. The van der Waals surface area contributed by atoms with Crippen LogP contribution in [0.4, 0.5) is 11.4 Å². The minimum absolute atomic E-state index is 0.0120. The van der Waals surface area contributed by atoms with Gasteiger partial charge in [-0.25, -0.2) is 0 Å². The molecule has 2 rings (SSSR count). The molecule has 4 heteroatoms. The second-order valence-electron chi connectivity index (χ2n) is 5.52. The van der Waals surface area contributed by atoms with E-state index in [1.54, 1.807) is 11.9 Å². The Morgan fingerprint density at radius 1 is 1.37 bits per heavy atom. The van der Waals surface area contributed by atoms with Crippen LogP contribution in [0.25, 0.3) is 0 Å². The van der Waals surface area contributed by atoms with Crippen LogP contribution in [0, 0.1) is 0 Å². The number of rotatable bonds is 3. The van der Waals surface area contributed by atoms with Gasteiger partial charge in [-0.2, -0.15) is 0 Å². The van der Waals surface area contributed by atoms with Crippen molar-refractivity contribution < 1.29 is 9.59 Å². The number of nitrogens with zero attached hydrogens (tertiary/aromatic N) is 1. The summed E-state index contributed by atoms with van der Waals surface area (Å²) in [6.07, 6.45) is 1.34. The normalized spacial score (nSPS) is 16.4. The van der Waals surface area contributed by atoms with Crippen LogP contribution in [-0.2, 0) is 15.0 Å². The first kappa shape index (κ1) is 13.6. The monoisotopic (exact) mass is 260 g/mol. The minimum Gasteiger partial charge on any atom is -0.326 e. The van der Waals surface area contributed by atoms with Crippen LogP contribution < -0.4 is 10.2 Å². The lowest BCUT2D eigenvalue weighted by atomic mass is 9.86. The van der Waals surface area contributed by atoms with Crippen LogP contribution in [0.5, 0.6) is 0 Å². The number of amides is 2. The summed E-state index contributed by atoms with van der Waals surface area (Å²) < 4.78 is 0. The molecular weight excluding hydrogens is 240 g/mol. The Hall–Kier alpha value is -1.84. The average Bonchev–Trinajstić information content (AvgIpc) is 2.52. The van der Waals surface area contributed by atoms with Gasteiger partial charge in [0.2, 0.25) is 11.8 Å². The first-order valence-corrected chi connectivity index (χ1v) is 6.60. The number of carbonyl (C=O) groups excluding carboxylic acids is 2. The number of anilines is 2. The highest BCUT2D eigenvalue weighted by molar-refractivity contribution is 6.07. The predicted octanol–water partition coefficient (Wildman–Crippen LogP) is 2.68. The molecule has 1 heterocycles. The largest absolute Gasteiger partial charge is 0.326 e. The van der Waals surface area contributed by atoms with Crippen molar-refractivity contribution in [3.63, 3.8) is 0 Å². The third kappa shape index (κ3) is 2.23. The fourth-order valence-electron chi connectivity index (χ4n) is 2.50. The summed E-state index contributed by atoms with van der Waals surface area (Å²) in [5.74, 6) is 0.0949. The van der Waals surface area contributed by atoms with E-state index in [1.807, 2.05) is 39.0 Å². The molecule has 102 valence electrons. The molecule has 0 aliphatic carbocycles. The fourth-order valence-corrected chi connectivity index (χ4v) is 2.50. The van der Waals surface area contributed by atoms with E-state index in [1.165, 1.54) is 0 Å². The second kappa shape index (κ2) is 4.68. The van der Waals surface area contributed by atoms with Crippen LogP contribution in [0.1, 0.15) is 39.2 Å². The van der Waals surface area contributed by atoms with E-state index in [2.05, 4.69) is 5.32 Å². The van der Waals surface area contributed by atoms with Gasteiger partial charge in [0, 0.05) is 24.8 Å². The highest BCUT2D eigenvalue weighted by Crippen LogP contribution is 2.41. The number of carbonyl (C=O) groups is 2. The van der Waals surface area contributed by atoms with Crippen molar-refractivity contribution in [1.82, 2.24) is 0 Å². The molecule has 0 atom stereocenters. The zero-order valence-electron chi connectivity index (χ0n) is 11.9. The number of hydrogen-bond donors (Lipinski definition) is 1. The van der Waals surface area contributed by atoms with Crippen LogP contribution in [0.15, 0.2) is 18.2 Å². The van der Waals surface area contributed by atoms with Crippen molar-refractivity contribution in [2.75, 3.05) is 17.3 Å². The van der Waals surface area contributed by atoms with Crippen LogP contribution >= 0.6 is 0 Å². The molecule has 0 unspecified atom stereocenters. The summed E-state index contributed by atoms with van der Waals surface area (Å²) in [5.41, 5.74) is 2.11. The van der Waals surface area contributed by atoms with Gasteiger partial charge in [-0.1, -0.05) is 6.92 Å². The van der Waals surface area contributed by atoms with Gasteiger partial charge in [-0.3, -0.25) is 9.59 Å². The molecule has 19 heavy (non-hydrogen) atoms. The average molecular weight is 260 g/mol. The van der Waals surface area contributed by atoms with Gasteiger partial charge in [-0.15, -0.1) is 0 Å². The Kier molecular flexibility index (Phi) is 3.35. The van der Waals surface area contributed by atoms with Gasteiger partial charge < -0.3 is 10.2 Å². The predicted molar refractivity (Wildman–Crippen MR) is 76.4 cm³/mol. The van der Waals surface area contributed by atoms with E-state index in [0.717, 1.165) is 23.4 Å². The SMILES string of the molecule is CCCC(=O)Nc1ccc2c(c1)C(C)(C)C(=O)N2C. The Bertz CT molecular complexity index is 535. The van der Waals surface area contributed by atoms with Gasteiger partial charge in [0.25, 0.3) is 0 Å². The van der Waals surface area contributed by atoms with Crippen molar-refractivity contribution in [1.29, 1.82) is 0 Å². The van der Waals surface area contributed by atoms with Gasteiger partial charge in [0.05, 0.1) is 5.41 Å². The smallest absolute Gasteiger partial charge is 0.236 e. The number of nitrogens with one attached hydrogen (secondary N) is 1. The van der Waals surface area contributed by atoms with Gasteiger partial charge >= 0.3 is 0 Å². The third-order valence-corrected chi connectivity index (χ3v) is 3.63. The molecule has 1 aliphatic rings. The molecule has 0 saturated heterocycles. The zero-order valence-corrected chi connectivity index (χ0v) is 11.9. The molecule has 0 radical (unpaired) electrons. The van der Waals surface area contributed by atoms with Crippen LogP contribution in [-0.4, -0.2) is 18.9 Å². The summed E-state index contributed by atoms with van der Waals surface area (Å²) in [7, 11) is 1.78. The number of benzene rings is 1. The molecule has 2 amide bonds. The lowest BCUT2D eigenvalue weighted by Gasteiger charge is -2.16. The van der Waals surface area contributed by atoms with E-state index in [9.17, 15) is 9.59 Å². The van der Waals surface area contributed by atoms with Gasteiger partial charge in [-0.05, 0) is 44.0 Å². The van der Waals surface area contributed by atoms with E-state index >= 15 is 0 Å². The zero-order chi connectivity index (χ0) is 14.2. The van der Waals surface area contributed by atoms with E-state index in [-0.39, 0.29) is 11.8 Å². The standard InChI is InChI=1S/C15H20N2O2/c1-5-6-13(18)16-10-7-8-12-11(9-10)15(2,3)14(19)17(12)4/h7-9H,5-6H2,1-4H3,(H,16,18). The van der Waals surface area contributed by atoms with Crippen LogP contribution in [0.3, 0.4) is 0 Å². The summed E-state index contributed by atoms with van der Waals surface area (Å²) in [5, 5.41) is 2.87. The van der Waals surface area contributed by atoms with Crippen LogP contribution in [0.2, 0.25) is 0 Å². The molecule has 1 aromatic rings. The molecular formula is C15H20N2O2. The first-order valence-electron chi connectivity index (χ1n) is 6.60. The highest BCUT2D eigenvalue weighted by Gasteiger charge is 2.42. The van der Waals surface area contributed by atoms with E-state index < -0.39 is 5.41 Å². The number of fused-ring (bicyclic) bond motifs is 1. The van der Waals surface area contributed by atoms with E-state index in [0.29, 0.717) is 6.42 Å². The molecule has 0 aromatic heterocycles. The number of likely N-dealkylation sites (N-methyl/N-ethyl adjacent to an activating group) is 1.